The van der Waals surface area contributed by atoms with Gasteiger partial charge in [0.1, 0.15) is 11.3 Å². The minimum absolute atomic E-state index is 0.282. The highest BCUT2D eigenvalue weighted by molar-refractivity contribution is 5.87. The summed E-state index contributed by atoms with van der Waals surface area (Å²) in [6, 6.07) is 12.5. The average Bonchev–Trinajstić information content (AvgIpc) is 2.92. The van der Waals surface area contributed by atoms with Crippen molar-refractivity contribution >= 4 is 29.4 Å². The Hall–Kier alpha value is -4.46. The van der Waals surface area contributed by atoms with Gasteiger partial charge in [-0.3, -0.25) is 4.79 Å². The van der Waals surface area contributed by atoms with Gasteiger partial charge in [0.15, 0.2) is 0 Å². The van der Waals surface area contributed by atoms with E-state index in [1.807, 2.05) is 18.2 Å². The monoisotopic (exact) mass is 546 g/mol. The van der Waals surface area contributed by atoms with Crippen molar-refractivity contribution in [1.29, 1.82) is 0 Å². The van der Waals surface area contributed by atoms with E-state index in [2.05, 4.69) is 13.2 Å². The molecule has 0 aliphatic heterocycles. The lowest BCUT2D eigenvalue weighted by Gasteiger charge is -2.12. The van der Waals surface area contributed by atoms with E-state index >= 15 is 0 Å². The highest BCUT2D eigenvalue weighted by atomic mass is 16.5. The Kier molecular flexibility index (Phi) is 11.0. The van der Waals surface area contributed by atoms with Gasteiger partial charge in [0.25, 0.3) is 6.47 Å². The first-order valence-corrected chi connectivity index (χ1v) is 13.1. The number of carbonyl (C=O) groups excluding carboxylic acids is 3. The molecule has 0 fully saturated rings. The Morgan fingerprint density at radius 3 is 2.02 bits per heavy atom. The molecule has 3 rings (SSSR count). The maximum absolute atomic E-state index is 13.0. The molecule has 210 valence electrons. The van der Waals surface area contributed by atoms with Crippen molar-refractivity contribution in [3.63, 3.8) is 0 Å². The molecule has 0 saturated heterocycles. The molecule has 3 aromatic rings. The summed E-state index contributed by atoms with van der Waals surface area (Å²) in [5.74, 6) is -0.433. The Bertz CT molecular complexity index is 1450. The Balaban J connectivity index is 1.82. The predicted molar refractivity (Wildman–Crippen MR) is 152 cm³/mol. The van der Waals surface area contributed by atoms with Crippen LogP contribution in [0.5, 0.6) is 5.75 Å². The number of unbranched alkanes of at least 4 members (excludes halogenated alkanes) is 2. The maximum Gasteiger partial charge on any atom is 0.344 e. The van der Waals surface area contributed by atoms with Crippen molar-refractivity contribution < 1.29 is 33.0 Å². The average molecular weight is 547 g/mol. The number of fused-ring (bicyclic) bond motifs is 1. The van der Waals surface area contributed by atoms with E-state index in [1.54, 1.807) is 38.1 Å². The molecular weight excluding hydrogens is 512 g/mol. The second-order valence-electron chi connectivity index (χ2n) is 9.61. The van der Waals surface area contributed by atoms with Gasteiger partial charge in [0, 0.05) is 16.5 Å². The van der Waals surface area contributed by atoms with Crippen molar-refractivity contribution in [3.05, 3.63) is 88.3 Å². The fourth-order valence-electron chi connectivity index (χ4n) is 4.10. The zero-order chi connectivity index (χ0) is 29.1. The standard InChI is InChI=1S/C32H34O8/c1-21(2)30(34)37-15-7-5-9-23-17-25(10-6-8-16-38-31(35)22(3)4)29-26(18-23)19-28(32(36)40-29)24-11-13-27(14-12-24)39-20-33/h11-14,17-20H,1,3,5-10,15-16H2,2,4H3. The number of ether oxygens (including phenoxy) is 3. The zero-order valence-corrected chi connectivity index (χ0v) is 23.0. The Morgan fingerprint density at radius 2 is 1.45 bits per heavy atom. The molecule has 0 bridgehead atoms. The first-order valence-electron chi connectivity index (χ1n) is 13.1. The Labute approximate surface area is 233 Å². The van der Waals surface area contributed by atoms with Gasteiger partial charge in [-0.15, -0.1) is 0 Å². The van der Waals surface area contributed by atoms with Gasteiger partial charge in [-0.25, -0.2) is 14.4 Å². The second kappa shape index (κ2) is 14.6. The predicted octanol–water partition coefficient (Wildman–Crippen LogP) is 5.88. The van der Waals surface area contributed by atoms with Crippen molar-refractivity contribution in [2.45, 2.75) is 52.4 Å². The number of esters is 2. The first kappa shape index (κ1) is 30.1. The van der Waals surface area contributed by atoms with Gasteiger partial charge in [-0.2, -0.15) is 0 Å². The summed E-state index contributed by atoms with van der Waals surface area (Å²) < 4.78 is 21.0. The third kappa shape index (κ3) is 8.53. The van der Waals surface area contributed by atoms with Crippen LogP contribution >= 0.6 is 0 Å². The van der Waals surface area contributed by atoms with E-state index < -0.39 is 17.6 Å². The van der Waals surface area contributed by atoms with Crippen molar-refractivity contribution in [3.8, 4) is 16.9 Å². The van der Waals surface area contributed by atoms with E-state index in [0.717, 1.165) is 35.8 Å². The van der Waals surface area contributed by atoms with Gasteiger partial charge in [-0.05, 0) is 93.3 Å². The topological polar surface area (TPSA) is 109 Å². The molecule has 1 aromatic heterocycles. The van der Waals surface area contributed by atoms with Gasteiger partial charge in [-0.1, -0.05) is 31.4 Å². The summed E-state index contributed by atoms with van der Waals surface area (Å²) in [6.45, 7) is 11.3. The molecule has 0 radical (unpaired) electrons. The zero-order valence-electron chi connectivity index (χ0n) is 23.0. The molecule has 0 atom stereocenters. The maximum atomic E-state index is 13.0. The first-order chi connectivity index (χ1) is 19.2. The third-order valence-electron chi connectivity index (χ3n) is 6.18. The minimum atomic E-state index is -0.472. The molecule has 8 nitrogen and oxygen atoms in total. The summed E-state index contributed by atoms with van der Waals surface area (Å²) in [4.78, 5) is 46.8. The van der Waals surface area contributed by atoms with Crippen LogP contribution in [0, 0.1) is 0 Å². The van der Waals surface area contributed by atoms with Gasteiger partial charge in [0.05, 0.1) is 18.8 Å². The normalized spacial score (nSPS) is 10.7. The van der Waals surface area contributed by atoms with Crippen LogP contribution in [0.1, 0.15) is 50.7 Å². The summed E-state index contributed by atoms with van der Waals surface area (Å²) in [5.41, 5.74) is 3.77. The molecule has 2 aromatic carbocycles. The Morgan fingerprint density at radius 1 is 0.850 bits per heavy atom. The van der Waals surface area contributed by atoms with Crippen LogP contribution in [0.25, 0.3) is 22.1 Å². The number of rotatable bonds is 15. The summed E-state index contributed by atoms with van der Waals surface area (Å²) in [6.07, 6.45) is 4.25. The number of aryl methyl sites for hydroxylation is 2. The van der Waals surface area contributed by atoms with Gasteiger partial charge in [0.2, 0.25) is 0 Å². The summed E-state index contributed by atoms with van der Waals surface area (Å²) in [7, 11) is 0. The number of hydrogen-bond donors (Lipinski definition) is 0. The van der Waals surface area contributed by atoms with Gasteiger partial charge < -0.3 is 18.6 Å². The molecule has 0 spiro atoms. The quantitative estimate of drug-likeness (QED) is 0.0764. The second-order valence-corrected chi connectivity index (χ2v) is 9.61. The van der Waals surface area contributed by atoms with Crippen LogP contribution in [0.15, 0.2) is 76.0 Å². The lowest BCUT2D eigenvalue weighted by Crippen LogP contribution is -2.07. The molecule has 0 amide bonds. The lowest BCUT2D eigenvalue weighted by atomic mass is 9.97. The van der Waals surface area contributed by atoms with E-state index in [-0.39, 0.29) is 6.61 Å². The summed E-state index contributed by atoms with van der Waals surface area (Å²) in [5, 5.41) is 0.790. The minimum Gasteiger partial charge on any atom is -0.462 e. The summed E-state index contributed by atoms with van der Waals surface area (Å²) >= 11 is 0. The van der Waals surface area contributed by atoms with Crippen molar-refractivity contribution in [2.75, 3.05) is 13.2 Å². The fourth-order valence-corrected chi connectivity index (χ4v) is 4.10. The molecule has 40 heavy (non-hydrogen) atoms. The van der Waals surface area contributed by atoms with Crippen LogP contribution in [0.3, 0.4) is 0 Å². The smallest absolute Gasteiger partial charge is 0.344 e. The molecule has 1 heterocycles. The fraction of sp³-hybridized carbons (Fsp3) is 0.312. The van der Waals surface area contributed by atoms with E-state index in [9.17, 15) is 19.2 Å². The molecule has 0 aliphatic rings. The highest BCUT2D eigenvalue weighted by Crippen LogP contribution is 2.28. The molecule has 8 heteroatoms. The van der Waals surface area contributed by atoms with Crippen molar-refractivity contribution in [1.82, 2.24) is 0 Å². The molecule has 0 N–H and O–H groups in total. The molecule has 0 aliphatic carbocycles. The van der Waals surface area contributed by atoms with Crippen LogP contribution in [0.4, 0.5) is 0 Å². The van der Waals surface area contributed by atoms with E-state index in [4.69, 9.17) is 18.6 Å². The van der Waals surface area contributed by atoms with Gasteiger partial charge >= 0.3 is 17.6 Å². The largest absolute Gasteiger partial charge is 0.462 e. The SMILES string of the molecule is C=C(C)C(=O)OCCCCc1cc(CCCCOC(=O)C(=C)C)c2oc(=O)c(-c3ccc(OC=O)cc3)cc2c1. The van der Waals surface area contributed by atoms with Crippen molar-refractivity contribution in [2.24, 2.45) is 0 Å². The number of benzene rings is 2. The molecule has 0 unspecified atom stereocenters. The van der Waals surface area contributed by atoms with E-state index in [0.29, 0.717) is 65.9 Å². The molecule has 0 saturated carbocycles. The third-order valence-corrected chi connectivity index (χ3v) is 6.18. The lowest BCUT2D eigenvalue weighted by molar-refractivity contribution is -0.139. The number of hydrogen-bond acceptors (Lipinski definition) is 8. The van der Waals surface area contributed by atoms with Crippen LogP contribution < -0.4 is 10.4 Å². The highest BCUT2D eigenvalue weighted by Gasteiger charge is 2.13. The molecular formula is C32H34O8. The van der Waals surface area contributed by atoms with Crippen LogP contribution in [0.2, 0.25) is 0 Å². The van der Waals surface area contributed by atoms with Crippen LogP contribution in [-0.4, -0.2) is 31.6 Å². The van der Waals surface area contributed by atoms with Crippen LogP contribution in [-0.2, 0) is 36.7 Å². The number of carbonyl (C=O) groups is 3. The van der Waals surface area contributed by atoms with E-state index in [1.165, 1.54) is 0 Å².